The monoisotopic (exact) mass is 319 g/mol. The minimum absolute atomic E-state index is 0.0865. The molecule has 0 atom stereocenters. The van der Waals surface area contributed by atoms with Crippen LogP contribution < -0.4 is 4.72 Å². The van der Waals surface area contributed by atoms with Gasteiger partial charge in [0.15, 0.2) is 0 Å². The van der Waals surface area contributed by atoms with Crippen molar-refractivity contribution in [1.82, 2.24) is 4.72 Å². The smallest absolute Gasteiger partial charge is 0.389 e. The molecule has 0 spiro atoms. The number of nitrogens with one attached hydrogen (secondary N) is 1. The highest BCUT2D eigenvalue weighted by molar-refractivity contribution is 7.89. The summed E-state index contributed by atoms with van der Waals surface area (Å²) in [7, 11) is -3.65. The molecule has 0 bridgehead atoms. The lowest BCUT2D eigenvalue weighted by Gasteiger charge is -2.08. The number of rotatable bonds is 11. The highest BCUT2D eigenvalue weighted by Crippen LogP contribution is 2.21. The van der Waals surface area contributed by atoms with Crippen LogP contribution in [0.5, 0.6) is 0 Å². The number of halogens is 3. The lowest BCUT2D eigenvalue weighted by Crippen LogP contribution is -2.28. The molecule has 9 heteroatoms. The average molecular weight is 319 g/mol. The first kappa shape index (κ1) is 19.2. The minimum atomic E-state index is -4.33. The maximum atomic E-state index is 11.9. The van der Waals surface area contributed by atoms with Crippen molar-refractivity contribution in [2.45, 2.75) is 51.1 Å². The summed E-state index contributed by atoms with van der Waals surface area (Å²) in [5, 5.41) is 8.39. The van der Waals surface area contributed by atoms with Crippen LogP contribution in [0.4, 0.5) is 13.2 Å². The fourth-order valence-corrected chi connectivity index (χ4v) is 2.64. The van der Waals surface area contributed by atoms with Gasteiger partial charge < -0.3 is 5.11 Å². The summed E-state index contributed by atoms with van der Waals surface area (Å²) < 4.78 is 60.5. The molecule has 0 aliphatic carbocycles. The van der Waals surface area contributed by atoms with Gasteiger partial charge in [-0.25, -0.2) is 13.1 Å². The van der Waals surface area contributed by atoms with Gasteiger partial charge in [-0.05, 0) is 19.3 Å². The predicted octanol–water partition coefficient (Wildman–Crippen LogP) is 2.28. The molecule has 0 aromatic heterocycles. The molecule has 0 unspecified atom stereocenters. The number of sulfonamides is 1. The third-order valence-electron chi connectivity index (χ3n) is 2.51. The normalized spacial score (nSPS) is 12.6. The number of hydrogen-bond donors (Lipinski definition) is 2. The Morgan fingerprint density at radius 2 is 1.65 bits per heavy atom. The van der Waals surface area contributed by atoms with E-state index in [4.69, 9.17) is 5.11 Å². The van der Waals surface area contributed by atoms with E-state index in [-0.39, 0.29) is 13.0 Å². The van der Waals surface area contributed by atoms with Crippen LogP contribution in [0.15, 0.2) is 0 Å². The van der Waals surface area contributed by atoms with Gasteiger partial charge in [-0.3, -0.25) is 4.79 Å². The van der Waals surface area contributed by atoms with Gasteiger partial charge in [0.1, 0.15) is 0 Å². The van der Waals surface area contributed by atoms with Crippen LogP contribution in [-0.4, -0.2) is 38.0 Å². The largest absolute Gasteiger partial charge is 0.481 e. The van der Waals surface area contributed by atoms with E-state index < -0.39 is 40.8 Å². The first-order chi connectivity index (χ1) is 9.12. The van der Waals surface area contributed by atoms with Crippen LogP contribution in [0.1, 0.15) is 44.9 Å². The third-order valence-corrected chi connectivity index (χ3v) is 3.98. The van der Waals surface area contributed by atoms with Crippen LogP contribution >= 0.6 is 0 Å². The summed E-state index contributed by atoms with van der Waals surface area (Å²) in [6.45, 7) is 0.168. The number of carboxylic acid groups (broad SMARTS) is 1. The summed E-state index contributed by atoms with van der Waals surface area (Å²) in [6.07, 6.45) is -3.37. The Bertz CT molecular complexity index is 382. The molecule has 0 heterocycles. The molecular formula is C11H20F3NO4S. The van der Waals surface area contributed by atoms with Crippen molar-refractivity contribution in [3.63, 3.8) is 0 Å². The zero-order valence-electron chi connectivity index (χ0n) is 11.1. The molecule has 2 N–H and O–H groups in total. The Morgan fingerprint density at radius 1 is 1.05 bits per heavy atom. The van der Waals surface area contributed by atoms with Gasteiger partial charge in [-0.2, -0.15) is 13.2 Å². The number of alkyl halides is 3. The molecule has 120 valence electrons. The summed E-state index contributed by atoms with van der Waals surface area (Å²) in [5.74, 6) is -1.40. The molecule has 20 heavy (non-hydrogen) atoms. The summed E-state index contributed by atoms with van der Waals surface area (Å²) >= 11 is 0. The molecule has 0 fully saturated rings. The molecule has 0 aliphatic rings. The van der Waals surface area contributed by atoms with Crippen molar-refractivity contribution in [2.75, 3.05) is 12.3 Å². The predicted molar refractivity (Wildman–Crippen MR) is 67.8 cm³/mol. The van der Waals surface area contributed by atoms with Crippen LogP contribution in [0.25, 0.3) is 0 Å². The molecule has 0 aromatic rings. The van der Waals surface area contributed by atoms with Crippen LogP contribution in [0.3, 0.4) is 0 Å². The summed E-state index contributed by atoms with van der Waals surface area (Å²) in [4.78, 5) is 10.2. The highest BCUT2D eigenvalue weighted by Gasteiger charge is 2.27. The lowest BCUT2D eigenvalue weighted by atomic mass is 10.1. The van der Waals surface area contributed by atoms with Crippen LogP contribution in [0, 0.1) is 0 Å². The number of hydrogen-bond acceptors (Lipinski definition) is 3. The zero-order chi connectivity index (χ0) is 15.6. The molecule has 5 nitrogen and oxygen atoms in total. The summed E-state index contributed by atoms with van der Waals surface area (Å²) in [6, 6.07) is 0. The fourth-order valence-electron chi connectivity index (χ4n) is 1.52. The van der Waals surface area contributed by atoms with Crippen molar-refractivity contribution in [3.05, 3.63) is 0 Å². The molecule has 0 aliphatic heterocycles. The lowest BCUT2D eigenvalue weighted by molar-refractivity contribution is -0.137. The van der Waals surface area contributed by atoms with E-state index in [2.05, 4.69) is 4.72 Å². The second-order valence-corrected chi connectivity index (χ2v) is 6.42. The summed E-state index contributed by atoms with van der Waals surface area (Å²) in [5.41, 5.74) is 0. The van der Waals surface area contributed by atoms with Gasteiger partial charge in [0.2, 0.25) is 10.0 Å². The number of carboxylic acids is 1. The van der Waals surface area contributed by atoms with Crippen LogP contribution in [0.2, 0.25) is 0 Å². The number of carbonyl (C=O) groups is 1. The van der Waals surface area contributed by atoms with E-state index in [0.717, 1.165) is 0 Å². The average Bonchev–Trinajstić information content (AvgIpc) is 2.25. The third kappa shape index (κ3) is 13.6. The Morgan fingerprint density at radius 3 is 2.20 bits per heavy atom. The van der Waals surface area contributed by atoms with Gasteiger partial charge >= 0.3 is 12.1 Å². The minimum Gasteiger partial charge on any atom is -0.481 e. The van der Waals surface area contributed by atoms with E-state index in [9.17, 15) is 26.4 Å². The van der Waals surface area contributed by atoms with Gasteiger partial charge in [-0.15, -0.1) is 0 Å². The maximum Gasteiger partial charge on any atom is 0.389 e. The number of unbranched alkanes of at least 4 members (excludes halogenated alkanes) is 3. The first-order valence-corrected chi connectivity index (χ1v) is 8.03. The molecular weight excluding hydrogens is 299 g/mol. The fraction of sp³-hybridized carbons (Fsp3) is 0.909. The van der Waals surface area contributed by atoms with Crippen molar-refractivity contribution >= 4 is 16.0 Å². The van der Waals surface area contributed by atoms with Gasteiger partial charge in [-0.1, -0.05) is 12.8 Å². The van der Waals surface area contributed by atoms with Gasteiger partial charge in [0.25, 0.3) is 0 Å². The van der Waals surface area contributed by atoms with E-state index in [1.165, 1.54) is 0 Å². The molecule has 0 aromatic carbocycles. The number of aliphatic carboxylic acids is 1. The quantitative estimate of drug-likeness (QED) is 0.572. The van der Waals surface area contributed by atoms with E-state index in [0.29, 0.717) is 25.7 Å². The van der Waals surface area contributed by atoms with E-state index in [1.807, 2.05) is 0 Å². The van der Waals surface area contributed by atoms with Gasteiger partial charge in [0.05, 0.1) is 5.75 Å². The second kappa shape index (κ2) is 9.17. The zero-order valence-corrected chi connectivity index (χ0v) is 11.9. The molecule has 0 amide bonds. The Labute approximate surface area is 116 Å². The molecule has 0 saturated heterocycles. The van der Waals surface area contributed by atoms with Crippen molar-refractivity contribution in [1.29, 1.82) is 0 Å². The Balaban J connectivity index is 3.60. The second-order valence-electron chi connectivity index (χ2n) is 4.49. The first-order valence-electron chi connectivity index (χ1n) is 6.38. The molecule has 0 rings (SSSR count). The van der Waals surface area contributed by atoms with E-state index in [1.54, 1.807) is 0 Å². The van der Waals surface area contributed by atoms with Gasteiger partial charge in [0, 0.05) is 19.4 Å². The Kier molecular flexibility index (Phi) is 8.79. The van der Waals surface area contributed by atoms with Crippen molar-refractivity contribution in [2.24, 2.45) is 0 Å². The van der Waals surface area contributed by atoms with Crippen molar-refractivity contribution < 1.29 is 31.5 Å². The standard InChI is InChI=1S/C11H20F3NO4S/c12-11(13,14)7-5-9-20(18,19)15-8-4-2-1-3-6-10(16)17/h15H,1-9H2,(H,16,17). The maximum absolute atomic E-state index is 11.9. The topological polar surface area (TPSA) is 83.5 Å². The van der Waals surface area contributed by atoms with Crippen LogP contribution in [-0.2, 0) is 14.8 Å². The highest BCUT2D eigenvalue weighted by atomic mass is 32.2. The SMILES string of the molecule is O=C(O)CCCCCCNS(=O)(=O)CCCC(F)(F)F. The molecule has 0 saturated carbocycles. The van der Waals surface area contributed by atoms with E-state index >= 15 is 0 Å². The molecule has 0 radical (unpaired) electrons. The van der Waals surface area contributed by atoms with Crippen molar-refractivity contribution in [3.8, 4) is 0 Å². The Hall–Kier alpha value is -0.830.